The number of fused-ring (bicyclic) bond motifs is 1. The van der Waals surface area contributed by atoms with Gasteiger partial charge < -0.3 is 4.42 Å². The van der Waals surface area contributed by atoms with Gasteiger partial charge in [0, 0.05) is 24.5 Å². The van der Waals surface area contributed by atoms with Gasteiger partial charge in [-0.05, 0) is 60.6 Å². The molecular weight excluding hydrogens is 443 g/mol. The van der Waals surface area contributed by atoms with E-state index in [4.69, 9.17) is 4.42 Å². The highest BCUT2D eigenvalue weighted by Crippen LogP contribution is 2.34. The Morgan fingerprint density at radius 2 is 1.62 bits per heavy atom. The molecule has 0 spiro atoms. The van der Waals surface area contributed by atoms with E-state index in [1.165, 1.54) is 28.6 Å². The molecule has 2 aromatic carbocycles. The fraction of sp³-hybridized carbons (Fsp3) is 0.348. The molecule has 0 aliphatic carbocycles. The Morgan fingerprint density at radius 3 is 2.25 bits per heavy atom. The molecule has 0 N–H and O–H groups in total. The van der Waals surface area contributed by atoms with E-state index in [9.17, 15) is 26.4 Å². The van der Waals surface area contributed by atoms with Crippen LogP contribution in [0.15, 0.2) is 62.6 Å². The Kier molecular flexibility index (Phi) is 5.89. The van der Waals surface area contributed by atoms with Crippen LogP contribution in [-0.4, -0.2) is 25.8 Å². The minimum atomic E-state index is -4.69. The molecule has 170 valence electrons. The van der Waals surface area contributed by atoms with Crippen molar-refractivity contribution in [3.8, 4) is 0 Å². The van der Waals surface area contributed by atoms with E-state index >= 15 is 0 Å². The molecule has 32 heavy (non-hydrogen) atoms. The molecule has 1 aromatic heterocycles. The highest BCUT2D eigenvalue weighted by molar-refractivity contribution is 7.89. The summed E-state index contributed by atoms with van der Waals surface area (Å²) in [5.74, 6) is 0.511. The second-order valence-electron chi connectivity index (χ2n) is 8.21. The molecule has 9 heteroatoms. The number of hydrogen-bond donors (Lipinski definition) is 0. The van der Waals surface area contributed by atoms with Crippen molar-refractivity contribution in [1.82, 2.24) is 4.31 Å². The van der Waals surface area contributed by atoms with Crippen LogP contribution < -0.4 is 5.63 Å². The van der Waals surface area contributed by atoms with Gasteiger partial charge in [-0.2, -0.15) is 17.5 Å². The molecule has 1 fully saturated rings. The van der Waals surface area contributed by atoms with Crippen LogP contribution in [0.4, 0.5) is 13.2 Å². The maximum Gasteiger partial charge on any atom is 0.417 e. The minimum Gasteiger partial charge on any atom is -0.423 e. The van der Waals surface area contributed by atoms with Crippen molar-refractivity contribution in [3.63, 3.8) is 0 Å². The van der Waals surface area contributed by atoms with Crippen LogP contribution in [0.5, 0.6) is 0 Å². The summed E-state index contributed by atoms with van der Waals surface area (Å²) in [4.78, 5) is 11.7. The van der Waals surface area contributed by atoms with E-state index in [-0.39, 0.29) is 15.9 Å². The van der Waals surface area contributed by atoms with Crippen molar-refractivity contribution in [2.45, 2.75) is 37.3 Å². The van der Waals surface area contributed by atoms with Gasteiger partial charge in [0.1, 0.15) is 5.58 Å². The molecule has 2 heterocycles. The lowest BCUT2D eigenvalue weighted by Crippen LogP contribution is -2.37. The van der Waals surface area contributed by atoms with Crippen LogP contribution in [0.3, 0.4) is 0 Å². The smallest absolute Gasteiger partial charge is 0.417 e. The molecular formula is C23H22F3NO4S. The first-order valence-corrected chi connectivity index (χ1v) is 11.7. The van der Waals surface area contributed by atoms with Crippen LogP contribution in [0, 0.1) is 5.92 Å². The molecule has 3 aromatic rings. The predicted octanol–water partition coefficient (Wildman–Crippen LogP) is 4.82. The van der Waals surface area contributed by atoms with Crippen molar-refractivity contribution in [2.24, 2.45) is 5.92 Å². The van der Waals surface area contributed by atoms with Gasteiger partial charge in [0.25, 0.3) is 0 Å². The van der Waals surface area contributed by atoms with Gasteiger partial charge in [-0.1, -0.05) is 25.1 Å². The van der Waals surface area contributed by atoms with Crippen molar-refractivity contribution in [1.29, 1.82) is 0 Å². The van der Waals surface area contributed by atoms with Gasteiger partial charge in [-0.25, -0.2) is 13.2 Å². The highest BCUT2D eigenvalue weighted by Gasteiger charge is 2.34. The van der Waals surface area contributed by atoms with Gasteiger partial charge in [-0.15, -0.1) is 0 Å². The Balaban J connectivity index is 1.58. The summed E-state index contributed by atoms with van der Waals surface area (Å²) in [7, 11) is -3.56. The third kappa shape index (κ3) is 4.59. The molecule has 0 atom stereocenters. The molecule has 4 rings (SSSR count). The van der Waals surface area contributed by atoms with Gasteiger partial charge in [0.05, 0.1) is 10.5 Å². The molecule has 0 bridgehead atoms. The number of alkyl halides is 3. The molecule has 1 aliphatic rings. The van der Waals surface area contributed by atoms with Crippen molar-refractivity contribution < 1.29 is 26.0 Å². The van der Waals surface area contributed by atoms with Gasteiger partial charge in [-0.3, -0.25) is 0 Å². The highest BCUT2D eigenvalue weighted by atomic mass is 32.2. The van der Waals surface area contributed by atoms with E-state index < -0.39 is 27.4 Å². The Morgan fingerprint density at radius 1 is 1.00 bits per heavy atom. The van der Waals surface area contributed by atoms with E-state index in [0.29, 0.717) is 37.1 Å². The summed E-state index contributed by atoms with van der Waals surface area (Å²) in [6, 6.07) is 11.1. The first kappa shape index (κ1) is 22.5. The Hall–Kier alpha value is -2.65. The lowest BCUT2D eigenvalue weighted by Gasteiger charge is -2.29. The summed E-state index contributed by atoms with van der Waals surface area (Å²) in [6.07, 6.45) is -2.72. The van der Waals surface area contributed by atoms with Crippen LogP contribution in [0.1, 0.15) is 36.5 Å². The van der Waals surface area contributed by atoms with Crippen LogP contribution >= 0.6 is 0 Å². The number of hydrogen-bond acceptors (Lipinski definition) is 4. The SMILES string of the molecule is CC1CCN(S(=O)(=O)c2ccc(Cc3ccc4oc(=O)cc(C(F)(F)F)c4c3)cc2)CC1. The zero-order valence-corrected chi connectivity index (χ0v) is 18.2. The number of benzene rings is 2. The second kappa shape index (κ2) is 8.37. The molecule has 0 radical (unpaired) electrons. The number of rotatable bonds is 4. The van der Waals surface area contributed by atoms with E-state index in [0.717, 1.165) is 18.4 Å². The fourth-order valence-corrected chi connectivity index (χ4v) is 5.41. The summed E-state index contributed by atoms with van der Waals surface area (Å²) < 4.78 is 72.1. The number of halogens is 3. The average Bonchev–Trinajstić information content (AvgIpc) is 2.73. The third-order valence-electron chi connectivity index (χ3n) is 5.82. The fourth-order valence-electron chi connectivity index (χ4n) is 3.94. The first-order valence-electron chi connectivity index (χ1n) is 10.3. The van der Waals surface area contributed by atoms with Gasteiger partial charge >= 0.3 is 11.8 Å². The Labute approximate surface area is 183 Å². The van der Waals surface area contributed by atoms with Crippen molar-refractivity contribution in [2.75, 3.05) is 13.1 Å². The Bertz CT molecular complexity index is 1290. The summed E-state index contributed by atoms with van der Waals surface area (Å²) in [6.45, 7) is 3.11. The predicted molar refractivity (Wildman–Crippen MR) is 114 cm³/mol. The third-order valence-corrected chi connectivity index (χ3v) is 7.74. The van der Waals surface area contributed by atoms with E-state index in [2.05, 4.69) is 6.92 Å². The quantitative estimate of drug-likeness (QED) is 0.518. The summed E-state index contributed by atoms with van der Waals surface area (Å²) in [5, 5.41) is -0.187. The lowest BCUT2D eigenvalue weighted by molar-refractivity contribution is -0.136. The van der Waals surface area contributed by atoms with Crippen molar-refractivity contribution >= 4 is 21.0 Å². The standard InChI is InChI=1S/C23H22F3NO4S/c1-15-8-10-27(11-9-15)32(29,30)18-5-2-16(3-6-18)12-17-4-7-21-19(13-17)20(23(24,25)26)14-22(28)31-21/h2-7,13-15H,8-12H2,1H3. The maximum atomic E-state index is 13.3. The molecule has 0 unspecified atom stereocenters. The maximum absolute atomic E-state index is 13.3. The van der Waals surface area contributed by atoms with Crippen LogP contribution in [0.2, 0.25) is 0 Å². The summed E-state index contributed by atoms with van der Waals surface area (Å²) >= 11 is 0. The molecule has 0 saturated carbocycles. The second-order valence-corrected chi connectivity index (χ2v) is 10.2. The normalized spacial score (nSPS) is 16.5. The minimum absolute atomic E-state index is 0.133. The van der Waals surface area contributed by atoms with E-state index in [1.807, 2.05) is 0 Å². The number of piperidine rings is 1. The van der Waals surface area contributed by atoms with Crippen LogP contribution in [0.25, 0.3) is 11.0 Å². The lowest BCUT2D eigenvalue weighted by atomic mass is 10.0. The molecule has 0 amide bonds. The first-order chi connectivity index (χ1) is 15.0. The monoisotopic (exact) mass is 465 g/mol. The van der Waals surface area contributed by atoms with Crippen molar-refractivity contribution in [3.05, 3.63) is 75.6 Å². The van der Waals surface area contributed by atoms with Gasteiger partial charge in [0.15, 0.2) is 0 Å². The largest absolute Gasteiger partial charge is 0.423 e. The topological polar surface area (TPSA) is 67.6 Å². The van der Waals surface area contributed by atoms with Crippen LogP contribution in [-0.2, 0) is 22.6 Å². The van der Waals surface area contributed by atoms with E-state index in [1.54, 1.807) is 18.2 Å². The number of nitrogens with zero attached hydrogens (tertiary/aromatic N) is 1. The zero-order valence-electron chi connectivity index (χ0n) is 17.4. The molecule has 1 saturated heterocycles. The average molecular weight is 465 g/mol. The molecule has 1 aliphatic heterocycles. The molecule has 5 nitrogen and oxygen atoms in total. The zero-order chi connectivity index (χ0) is 23.1. The number of sulfonamides is 1. The summed E-state index contributed by atoms with van der Waals surface area (Å²) in [5.41, 5.74) is -0.898. The van der Waals surface area contributed by atoms with Gasteiger partial charge in [0.2, 0.25) is 10.0 Å².